The molecule has 62 valence electrons. The molecule has 0 saturated heterocycles. The summed E-state index contributed by atoms with van der Waals surface area (Å²) in [5, 5.41) is 15.4. The van der Waals surface area contributed by atoms with Crippen molar-refractivity contribution in [3.05, 3.63) is 11.9 Å². The van der Waals surface area contributed by atoms with E-state index in [2.05, 4.69) is 10.3 Å². The zero-order valence-corrected chi connectivity index (χ0v) is 6.71. The third kappa shape index (κ3) is 2.99. The monoisotopic (exact) mass is 177 g/mol. The number of halogens is 1. The van der Waals surface area contributed by atoms with Gasteiger partial charge in [0.05, 0.1) is 5.69 Å². The Labute approximate surface area is 69.4 Å². The van der Waals surface area contributed by atoms with Crippen LogP contribution in [0.1, 0.15) is 5.69 Å². The Kier molecular flexibility index (Phi) is 3.53. The zero-order chi connectivity index (χ0) is 7.56. The van der Waals surface area contributed by atoms with Crippen molar-refractivity contribution in [2.24, 2.45) is 0 Å². The molecule has 5 nitrogen and oxygen atoms in total. The number of aliphatic carboxylic acids is 1. The maximum absolute atomic E-state index is 10.1. The summed E-state index contributed by atoms with van der Waals surface area (Å²) in [6.07, 6.45) is 1.58. The van der Waals surface area contributed by atoms with Crippen LogP contribution in [0.4, 0.5) is 0 Å². The largest absolute Gasteiger partial charge is 0.480 e. The summed E-state index contributed by atoms with van der Waals surface area (Å²) in [4.78, 5) is 10.1. The van der Waals surface area contributed by atoms with E-state index in [0.717, 1.165) is 5.69 Å². The van der Waals surface area contributed by atoms with E-state index in [1.165, 1.54) is 4.68 Å². The zero-order valence-electron chi connectivity index (χ0n) is 5.89. The van der Waals surface area contributed by atoms with E-state index in [0.29, 0.717) is 0 Å². The summed E-state index contributed by atoms with van der Waals surface area (Å²) in [5.41, 5.74) is 0.723. The molecular formula is C5H8ClN3O2. The smallest absolute Gasteiger partial charge is 0.325 e. The number of hydrogen-bond acceptors (Lipinski definition) is 3. The van der Waals surface area contributed by atoms with Crippen LogP contribution in [0.2, 0.25) is 0 Å². The van der Waals surface area contributed by atoms with E-state index >= 15 is 0 Å². The van der Waals surface area contributed by atoms with Crippen LogP contribution < -0.4 is 0 Å². The molecule has 1 rings (SSSR count). The van der Waals surface area contributed by atoms with Crippen LogP contribution in [0.5, 0.6) is 0 Å². The Morgan fingerprint density at radius 1 is 1.82 bits per heavy atom. The minimum absolute atomic E-state index is 0. The molecule has 0 aliphatic carbocycles. The van der Waals surface area contributed by atoms with Crippen molar-refractivity contribution in [3.63, 3.8) is 0 Å². The fourth-order valence-electron chi connectivity index (χ4n) is 0.611. The highest BCUT2D eigenvalue weighted by Gasteiger charge is 1.99. The molecule has 0 atom stereocenters. The normalized spacial score (nSPS) is 8.82. The van der Waals surface area contributed by atoms with Crippen molar-refractivity contribution in [1.29, 1.82) is 0 Å². The molecule has 1 aromatic heterocycles. The van der Waals surface area contributed by atoms with Gasteiger partial charge in [-0.1, -0.05) is 5.21 Å². The lowest BCUT2D eigenvalue weighted by Crippen LogP contribution is -2.08. The van der Waals surface area contributed by atoms with E-state index in [-0.39, 0.29) is 19.0 Å². The highest BCUT2D eigenvalue weighted by molar-refractivity contribution is 5.85. The number of carboxylic acids is 1. The highest BCUT2D eigenvalue weighted by Crippen LogP contribution is 1.87. The summed E-state index contributed by atoms with van der Waals surface area (Å²) in [6, 6.07) is 0. The summed E-state index contributed by atoms with van der Waals surface area (Å²) in [6.45, 7) is 1.63. The van der Waals surface area contributed by atoms with Gasteiger partial charge in [0.2, 0.25) is 0 Å². The first-order valence-corrected chi connectivity index (χ1v) is 2.77. The topological polar surface area (TPSA) is 68.0 Å². The fourth-order valence-corrected chi connectivity index (χ4v) is 0.611. The summed E-state index contributed by atoms with van der Waals surface area (Å²) in [7, 11) is 0. The number of hydrogen-bond donors (Lipinski definition) is 1. The quantitative estimate of drug-likeness (QED) is 0.696. The molecule has 11 heavy (non-hydrogen) atoms. The second-order valence-electron chi connectivity index (χ2n) is 1.95. The van der Waals surface area contributed by atoms with Gasteiger partial charge >= 0.3 is 5.97 Å². The van der Waals surface area contributed by atoms with Crippen LogP contribution in [0.3, 0.4) is 0 Å². The first-order chi connectivity index (χ1) is 4.68. The van der Waals surface area contributed by atoms with Gasteiger partial charge < -0.3 is 5.11 Å². The van der Waals surface area contributed by atoms with Crippen molar-refractivity contribution in [2.75, 3.05) is 0 Å². The van der Waals surface area contributed by atoms with Crippen LogP contribution in [0, 0.1) is 6.92 Å². The van der Waals surface area contributed by atoms with Gasteiger partial charge in [0.15, 0.2) is 0 Å². The molecule has 1 heterocycles. The van der Waals surface area contributed by atoms with E-state index < -0.39 is 5.97 Å². The number of aryl methyl sites for hydroxylation is 1. The lowest BCUT2D eigenvalue weighted by molar-refractivity contribution is -0.137. The average molecular weight is 178 g/mol. The third-order valence-electron chi connectivity index (χ3n) is 0.950. The van der Waals surface area contributed by atoms with Crippen LogP contribution >= 0.6 is 12.4 Å². The average Bonchev–Trinajstić information content (AvgIpc) is 2.13. The Morgan fingerprint density at radius 2 is 2.45 bits per heavy atom. The van der Waals surface area contributed by atoms with Crippen LogP contribution in [0.15, 0.2) is 6.20 Å². The fraction of sp³-hybridized carbons (Fsp3) is 0.400. The maximum Gasteiger partial charge on any atom is 0.325 e. The molecule has 0 aliphatic heterocycles. The summed E-state index contributed by atoms with van der Waals surface area (Å²) >= 11 is 0. The van der Waals surface area contributed by atoms with E-state index in [9.17, 15) is 4.79 Å². The van der Waals surface area contributed by atoms with E-state index in [1.807, 2.05) is 0 Å². The van der Waals surface area contributed by atoms with Gasteiger partial charge in [0.1, 0.15) is 6.54 Å². The molecule has 0 radical (unpaired) electrons. The predicted octanol–water partition coefficient (Wildman–Crippen LogP) is 0.0929. The van der Waals surface area contributed by atoms with Crippen molar-refractivity contribution >= 4 is 18.4 Å². The number of aromatic nitrogens is 3. The van der Waals surface area contributed by atoms with Gasteiger partial charge in [-0.05, 0) is 6.92 Å². The predicted molar refractivity (Wildman–Crippen MR) is 39.6 cm³/mol. The molecule has 0 aromatic carbocycles. The van der Waals surface area contributed by atoms with Gasteiger partial charge in [-0.25, -0.2) is 4.68 Å². The van der Waals surface area contributed by atoms with Crippen LogP contribution in [-0.2, 0) is 11.3 Å². The van der Waals surface area contributed by atoms with E-state index in [4.69, 9.17) is 5.11 Å². The number of carboxylic acid groups (broad SMARTS) is 1. The van der Waals surface area contributed by atoms with Crippen molar-refractivity contribution in [3.8, 4) is 0 Å². The second kappa shape index (κ2) is 3.92. The molecule has 0 unspecified atom stereocenters. The second-order valence-corrected chi connectivity index (χ2v) is 1.95. The Hall–Kier alpha value is -1.10. The van der Waals surface area contributed by atoms with E-state index in [1.54, 1.807) is 13.1 Å². The number of rotatable bonds is 2. The summed E-state index contributed by atoms with van der Waals surface area (Å²) in [5.74, 6) is -0.912. The molecule has 1 N–H and O–H groups in total. The Balaban J connectivity index is 0.000001000. The Bertz CT molecular complexity index is 248. The van der Waals surface area contributed by atoms with Crippen molar-refractivity contribution in [1.82, 2.24) is 15.0 Å². The Morgan fingerprint density at radius 3 is 2.82 bits per heavy atom. The van der Waals surface area contributed by atoms with Gasteiger partial charge in [0.25, 0.3) is 0 Å². The standard InChI is InChI=1S/C5H7N3O2.ClH/c1-4-2-8(7-6-4)3-5(9)10;/h2H,3H2,1H3,(H,9,10);1H. The number of carbonyl (C=O) groups is 1. The molecular weight excluding hydrogens is 170 g/mol. The van der Waals surface area contributed by atoms with Crippen molar-refractivity contribution in [2.45, 2.75) is 13.5 Å². The van der Waals surface area contributed by atoms with Gasteiger partial charge in [-0.2, -0.15) is 0 Å². The third-order valence-corrected chi connectivity index (χ3v) is 0.950. The van der Waals surface area contributed by atoms with Crippen LogP contribution in [-0.4, -0.2) is 26.1 Å². The first-order valence-electron chi connectivity index (χ1n) is 2.77. The van der Waals surface area contributed by atoms with Gasteiger partial charge in [0, 0.05) is 6.20 Å². The molecule has 0 aliphatic rings. The molecule has 0 fully saturated rings. The number of nitrogens with zero attached hydrogens (tertiary/aromatic N) is 3. The highest BCUT2D eigenvalue weighted by atomic mass is 35.5. The molecule has 0 spiro atoms. The molecule has 6 heteroatoms. The SMILES string of the molecule is Cc1cn(CC(=O)O)nn1.Cl. The van der Waals surface area contributed by atoms with Gasteiger partial charge in [-0.3, -0.25) is 4.79 Å². The maximum atomic E-state index is 10.1. The minimum Gasteiger partial charge on any atom is -0.480 e. The summed E-state index contributed by atoms with van der Waals surface area (Å²) < 4.78 is 1.28. The van der Waals surface area contributed by atoms with Crippen molar-refractivity contribution < 1.29 is 9.90 Å². The van der Waals surface area contributed by atoms with Crippen LogP contribution in [0.25, 0.3) is 0 Å². The lowest BCUT2D eigenvalue weighted by atomic mass is 10.5. The van der Waals surface area contributed by atoms with Gasteiger partial charge in [-0.15, -0.1) is 17.5 Å². The molecule has 1 aromatic rings. The lowest BCUT2D eigenvalue weighted by Gasteiger charge is -1.90. The first kappa shape index (κ1) is 9.90. The molecule has 0 bridgehead atoms. The molecule has 0 amide bonds. The molecule has 0 saturated carbocycles. The minimum atomic E-state index is -0.912.